The van der Waals surface area contributed by atoms with E-state index in [9.17, 15) is 9.90 Å². The Morgan fingerprint density at radius 1 is 1.17 bits per heavy atom. The van der Waals surface area contributed by atoms with Gasteiger partial charge in [-0.05, 0) is 24.3 Å². The van der Waals surface area contributed by atoms with Crippen molar-refractivity contribution in [3.05, 3.63) is 59.2 Å². The van der Waals surface area contributed by atoms with Crippen LogP contribution in [0.25, 0.3) is 0 Å². The van der Waals surface area contributed by atoms with Crippen LogP contribution in [0.2, 0.25) is 0 Å². The number of Topliss-reactive ketones (excluding diaryl/α,β-unsaturated/α-hetero) is 1. The van der Waals surface area contributed by atoms with Gasteiger partial charge in [0.1, 0.15) is 23.9 Å². The molecule has 7 nitrogen and oxygen atoms in total. The highest BCUT2D eigenvalue weighted by molar-refractivity contribution is 9.09. The van der Waals surface area contributed by atoms with E-state index < -0.39 is 6.10 Å². The Bertz CT molecular complexity index is 748. The van der Waals surface area contributed by atoms with Crippen molar-refractivity contribution in [1.82, 2.24) is 9.97 Å². The van der Waals surface area contributed by atoms with Crippen LogP contribution in [-0.4, -0.2) is 32.7 Å². The first-order valence-corrected chi connectivity index (χ1v) is 7.87. The Labute approximate surface area is 147 Å². The second-order valence-corrected chi connectivity index (χ2v) is 5.00. The zero-order valence-electron chi connectivity index (χ0n) is 12.6. The smallest absolute Gasteiger partial charge is 0.191 e. The van der Waals surface area contributed by atoms with Gasteiger partial charge in [-0.2, -0.15) is 10.5 Å². The summed E-state index contributed by atoms with van der Waals surface area (Å²) >= 11 is 3.03. The molecular formula is C16H14BrN5O2. The molecule has 0 aromatic carbocycles. The monoisotopic (exact) mass is 387 g/mol. The lowest BCUT2D eigenvalue weighted by atomic mass is 10.2. The van der Waals surface area contributed by atoms with Gasteiger partial charge in [0.15, 0.2) is 5.78 Å². The number of halogens is 1. The number of nitrogens with two attached hydrogens (primary N) is 1. The van der Waals surface area contributed by atoms with Crippen LogP contribution < -0.4 is 5.73 Å². The Hall–Kier alpha value is -2.65. The SMILES string of the molecule is N#Cc1ccc(C(=O)CBr)nc1.N#Cc1ccc(C(O)CN)nc1. The van der Waals surface area contributed by atoms with E-state index in [4.69, 9.17) is 16.3 Å². The van der Waals surface area contributed by atoms with Crippen molar-refractivity contribution < 1.29 is 9.90 Å². The maximum atomic E-state index is 11.0. The van der Waals surface area contributed by atoms with Crippen molar-refractivity contribution in [2.45, 2.75) is 6.10 Å². The Morgan fingerprint density at radius 2 is 1.75 bits per heavy atom. The normalized spacial score (nSPS) is 10.5. The fourth-order valence-electron chi connectivity index (χ4n) is 1.48. The molecule has 122 valence electrons. The topological polar surface area (TPSA) is 137 Å². The zero-order valence-corrected chi connectivity index (χ0v) is 14.1. The zero-order chi connectivity index (χ0) is 17.9. The van der Waals surface area contributed by atoms with Gasteiger partial charge in [-0.1, -0.05) is 15.9 Å². The second-order valence-electron chi connectivity index (χ2n) is 4.44. The third-order valence-corrected chi connectivity index (χ3v) is 3.29. The number of ketones is 1. The summed E-state index contributed by atoms with van der Waals surface area (Å²) in [5.41, 5.74) is 7.03. The number of alkyl halides is 1. The van der Waals surface area contributed by atoms with Crippen molar-refractivity contribution in [2.75, 3.05) is 11.9 Å². The Morgan fingerprint density at radius 3 is 2.12 bits per heavy atom. The number of aromatic nitrogens is 2. The third-order valence-electron chi connectivity index (χ3n) is 2.78. The fraction of sp³-hybridized carbons (Fsp3) is 0.188. The average molecular weight is 388 g/mol. The predicted octanol–water partition coefficient (Wildman–Crippen LogP) is 1.48. The lowest BCUT2D eigenvalue weighted by molar-refractivity contribution is 0.101. The molecule has 0 radical (unpaired) electrons. The van der Waals surface area contributed by atoms with Gasteiger partial charge in [0.05, 0.1) is 22.2 Å². The molecule has 0 bridgehead atoms. The van der Waals surface area contributed by atoms with E-state index >= 15 is 0 Å². The standard InChI is InChI=1S/C8H5BrN2O.C8H9N3O/c9-3-8(12)7-2-1-6(4-10)5-11-7;9-3-6-1-2-7(11-5-6)8(12)4-10/h1-2,5H,3H2;1-2,5,8,12H,4,10H2. The molecule has 0 aliphatic rings. The lowest BCUT2D eigenvalue weighted by Crippen LogP contribution is -2.12. The number of aliphatic hydroxyl groups is 1. The summed E-state index contributed by atoms with van der Waals surface area (Å²) in [5, 5.41) is 26.4. The van der Waals surface area contributed by atoms with Gasteiger partial charge in [0.2, 0.25) is 0 Å². The van der Waals surface area contributed by atoms with Crippen LogP contribution in [0.4, 0.5) is 0 Å². The van der Waals surface area contributed by atoms with Crippen LogP contribution in [0.5, 0.6) is 0 Å². The predicted molar refractivity (Wildman–Crippen MR) is 90.0 cm³/mol. The molecule has 0 saturated heterocycles. The first-order chi connectivity index (χ1) is 11.5. The second kappa shape index (κ2) is 10.2. The van der Waals surface area contributed by atoms with Gasteiger partial charge < -0.3 is 10.8 Å². The van der Waals surface area contributed by atoms with Crippen LogP contribution >= 0.6 is 15.9 Å². The van der Waals surface area contributed by atoms with Gasteiger partial charge in [0, 0.05) is 18.9 Å². The summed E-state index contributed by atoms with van der Waals surface area (Å²) in [6, 6.07) is 10.2. The van der Waals surface area contributed by atoms with Crippen molar-refractivity contribution in [3.63, 3.8) is 0 Å². The quantitative estimate of drug-likeness (QED) is 0.598. The summed E-state index contributed by atoms with van der Waals surface area (Å²) in [7, 11) is 0. The van der Waals surface area contributed by atoms with Gasteiger partial charge in [-0.15, -0.1) is 0 Å². The van der Waals surface area contributed by atoms with Crippen molar-refractivity contribution in [3.8, 4) is 12.1 Å². The molecular weight excluding hydrogens is 374 g/mol. The number of hydrogen-bond acceptors (Lipinski definition) is 7. The maximum absolute atomic E-state index is 11.0. The van der Waals surface area contributed by atoms with Crippen LogP contribution in [0.3, 0.4) is 0 Å². The number of hydrogen-bond donors (Lipinski definition) is 2. The summed E-state index contributed by atoms with van der Waals surface area (Å²) < 4.78 is 0. The minimum atomic E-state index is -0.738. The molecule has 0 saturated carbocycles. The van der Waals surface area contributed by atoms with Crippen LogP contribution in [0.1, 0.15) is 33.4 Å². The molecule has 0 fully saturated rings. The molecule has 2 rings (SSSR count). The van der Waals surface area contributed by atoms with Gasteiger partial charge >= 0.3 is 0 Å². The van der Waals surface area contributed by atoms with E-state index in [1.165, 1.54) is 12.4 Å². The molecule has 0 amide bonds. The van der Waals surface area contributed by atoms with Crippen molar-refractivity contribution in [2.24, 2.45) is 5.73 Å². The first kappa shape index (κ1) is 19.4. The summed E-state index contributed by atoms with van der Waals surface area (Å²) in [6.45, 7) is 0.138. The Kier molecular flexibility index (Phi) is 8.23. The van der Waals surface area contributed by atoms with E-state index in [2.05, 4.69) is 25.9 Å². The van der Waals surface area contributed by atoms with Gasteiger partial charge in [-0.3, -0.25) is 14.8 Å². The summed E-state index contributed by atoms with van der Waals surface area (Å²) in [5.74, 6) is -0.0838. The highest BCUT2D eigenvalue weighted by atomic mass is 79.9. The minimum Gasteiger partial charge on any atom is -0.385 e. The molecule has 0 aliphatic heterocycles. The molecule has 3 N–H and O–H groups in total. The molecule has 0 spiro atoms. The first-order valence-electron chi connectivity index (χ1n) is 6.75. The number of pyridine rings is 2. The highest BCUT2D eigenvalue weighted by Crippen LogP contribution is 2.07. The molecule has 2 aromatic heterocycles. The number of carbonyl (C=O) groups is 1. The summed E-state index contributed by atoms with van der Waals surface area (Å²) in [4.78, 5) is 18.7. The largest absolute Gasteiger partial charge is 0.385 e. The van der Waals surface area contributed by atoms with E-state index in [0.717, 1.165) is 0 Å². The fourth-order valence-corrected chi connectivity index (χ4v) is 1.77. The molecule has 2 aromatic rings. The summed E-state index contributed by atoms with van der Waals surface area (Å²) in [6.07, 6.45) is 2.06. The molecule has 24 heavy (non-hydrogen) atoms. The number of nitriles is 2. The van der Waals surface area contributed by atoms with E-state index in [1.807, 2.05) is 12.1 Å². The Balaban J connectivity index is 0.000000240. The van der Waals surface area contributed by atoms with Crippen molar-refractivity contribution in [1.29, 1.82) is 10.5 Å². The van der Waals surface area contributed by atoms with E-state index in [1.54, 1.807) is 24.3 Å². The lowest BCUT2D eigenvalue weighted by Gasteiger charge is -2.05. The third kappa shape index (κ3) is 5.86. The highest BCUT2D eigenvalue weighted by Gasteiger charge is 2.05. The van der Waals surface area contributed by atoms with Crippen LogP contribution in [0.15, 0.2) is 36.7 Å². The number of aliphatic hydroxyl groups excluding tert-OH is 1. The van der Waals surface area contributed by atoms with Crippen LogP contribution in [-0.2, 0) is 0 Å². The van der Waals surface area contributed by atoms with Crippen LogP contribution in [0, 0.1) is 22.7 Å². The maximum Gasteiger partial charge on any atom is 0.191 e. The molecule has 8 heteroatoms. The molecule has 1 unspecified atom stereocenters. The molecule has 2 heterocycles. The minimum absolute atomic E-state index is 0.0838. The molecule has 0 aliphatic carbocycles. The van der Waals surface area contributed by atoms with Gasteiger partial charge in [0.25, 0.3) is 0 Å². The van der Waals surface area contributed by atoms with E-state index in [0.29, 0.717) is 22.5 Å². The average Bonchev–Trinajstić information content (AvgIpc) is 2.67. The number of nitrogens with zero attached hydrogens (tertiary/aromatic N) is 4. The van der Waals surface area contributed by atoms with E-state index in [-0.39, 0.29) is 17.7 Å². The van der Waals surface area contributed by atoms with Gasteiger partial charge in [-0.25, -0.2) is 0 Å². The number of rotatable bonds is 4. The number of carbonyl (C=O) groups excluding carboxylic acids is 1. The molecule has 1 atom stereocenters. The van der Waals surface area contributed by atoms with Crippen molar-refractivity contribution >= 4 is 21.7 Å².